The molecule has 0 saturated heterocycles. The van der Waals surface area contributed by atoms with Crippen LogP contribution in [-0.2, 0) is 0 Å². The van der Waals surface area contributed by atoms with Gasteiger partial charge < -0.3 is 24.3 Å². The van der Waals surface area contributed by atoms with Gasteiger partial charge in [-0.2, -0.15) is 0 Å². The molecule has 13 aromatic carbocycles. The largest absolute Gasteiger partial charge is 0.444 e. The number of rotatable bonds is 10. The molecule has 4 aliphatic heterocycles. The van der Waals surface area contributed by atoms with Crippen molar-refractivity contribution in [3.05, 3.63) is 322 Å². The van der Waals surface area contributed by atoms with Gasteiger partial charge in [-0.3, -0.25) is 0 Å². The van der Waals surface area contributed by atoms with E-state index in [2.05, 4.69) is 346 Å². The predicted molar refractivity (Wildman–Crippen MR) is 359 cm³/mol. The number of hydrogen-bond donors (Lipinski definition) is 0. The summed E-state index contributed by atoms with van der Waals surface area (Å²) in [6.07, 6.45) is 0. The lowest BCUT2D eigenvalue weighted by Gasteiger charge is -2.53. The normalized spacial score (nSPS) is 12.8. The number of para-hydroxylation sites is 9. The quantitative estimate of drug-likeness (QED) is 0.127. The first-order valence-corrected chi connectivity index (χ1v) is 29.4. The Morgan fingerprint density at radius 2 is 0.529 bits per heavy atom. The topological polar surface area (TPSA) is 16.2 Å². The lowest BCUT2D eigenvalue weighted by atomic mass is 9.32. The summed E-state index contributed by atoms with van der Waals surface area (Å²) in [5.74, 6) is 0. The summed E-state index contributed by atoms with van der Waals surface area (Å²) in [6.45, 7) is -0.420. The van der Waals surface area contributed by atoms with Crippen LogP contribution >= 0.6 is 0 Å². The molecule has 0 aliphatic carbocycles. The van der Waals surface area contributed by atoms with Crippen LogP contribution in [0.4, 0.5) is 73.9 Å². The van der Waals surface area contributed by atoms with Crippen molar-refractivity contribution < 1.29 is 0 Å². The minimum Gasteiger partial charge on any atom is -0.444 e. The molecule has 0 fully saturated rings. The van der Waals surface area contributed by atoms with Gasteiger partial charge in [0.1, 0.15) is 0 Å². The molecule has 4 heterocycles. The van der Waals surface area contributed by atoms with Crippen LogP contribution < -0.4 is 46.2 Å². The number of nitrogens with zero attached hydrogens (tertiary/aromatic N) is 5. The van der Waals surface area contributed by atoms with Gasteiger partial charge in [-0.1, -0.05) is 224 Å². The molecule has 0 bridgehead atoms. The molecule has 0 radical (unpaired) electrons. The Kier molecular flexibility index (Phi) is 11.4. The van der Waals surface area contributed by atoms with Gasteiger partial charge >= 0.3 is 13.7 Å². The van der Waals surface area contributed by atoms with Gasteiger partial charge in [0.2, 0.25) is 0 Å². The number of benzene rings is 13. The average molecular weight is 1080 g/mol. The smallest absolute Gasteiger partial charge is 0.316 e. The van der Waals surface area contributed by atoms with Gasteiger partial charge in [0.15, 0.2) is 0 Å². The minimum absolute atomic E-state index is 0.210. The zero-order chi connectivity index (χ0) is 56.0. The van der Waals surface area contributed by atoms with Crippen LogP contribution in [0.1, 0.15) is 0 Å². The maximum atomic E-state index is 2.85. The fourth-order valence-electron chi connectivity index (χ4n) is 14.3. The van der Waals surface area contributed by atoms with Gasteiger partial charge in [-0.15, -0.1) is 0 Å². The van der Waals surface area contributed by atoms with E-state index in [-0.39, 0.29) is 13.7 Å². The monoisotopic (exact) mass is 1080 g/mol. The second kappa shape index (κ2) is 19.9. The van der Waals surface area contributed by atoms with Crippen molar-refractivity contribution in [2.75, 3.05) is 24.3 Å². The van der Waals surface area contributed by atoms with Crippen molar-refractivity contribution in [1.82, 2.24) is 0 Å². The summed E-state index contributed by atoms with van der Waals surface area (Å²) in [7, 11) is 0. The van der Waals surface area contributed by atoms with Crippen molar-refractivity contribution in [2.24, 2.45) is 0 Å². The first kappa shape index (κ1) is 48.7. The Morgan fingerprint density at radius 3 is 0.906 bits per heavy atom. The van der Waals surface area contributed by atoms with Crippen LogP contribution in [0.2, 0.25) is 0 Å². The van der Waals surface area contributed by atoms with Crippen LogP contribution in [-0.4, -0.2) is 13.7 Å². The molecular weight excluding hydrogens is 1030 g/mol. The SMILES string of the molecule is c1ccc(-c2ccccc2N2c3ccccc3B3c4c(cc(N(c5ccccc5)c5ccccc5)cc42)-c2cccc4c2N3B2c3ccccc3N(c3ccccc3-c3ccccc3)c3cc(N(c5ccccc5)c5ccccc5)cc-4c32)cc1. The third kappa shape index (κ3) is 7.67. The lowest BCUT2D eigenvalue weighted by molar-refractivity contribution is 1.24. The highest BCUT2D eigenvalue weighted by Gasteiger charge is 2.54. The molecule has 0 saturated carbocycles. The zero-order valence-corrected chi connectivity index (χ0v) is 46.5. The van der Waals surface area contributed by atoms with Gasteiger partial charge in [0.05, 0.1) is 11.4 Å². The predicted octanol–water partition coefficient (Wildman–Crippen LogP) is 17.9. The highest BCUT2D eigenvalue weighted by Crippen LogP contribution is 2.56. The summed E-state index contributed by atoms with van der Waals surface area (Å²) in [5.41, 5.74) is 29.2. The molecule has 0 aromatic heterocycles. The molecule has 396 valence electrons. The summed E-state index contributed by atoms with van der Waals surface area (Å²) in [5, 5.41) is 0. The van der Waals surface area contributed by atoms with Crippen molar-refractivity contribution >= 4 is 109 Å². The van der Waals surface area contributed by atoms with Crippen molar-refractivity contribution in [3.8, 4) is 44.5 Å². The first-order valence-electron chi connectivity index (χ1n) is 29.4. The third-order valence-corrected chi connectivity index (χ3v) is 17.7. The lowest BCUT2D eigenvalue weighted by Crippen LogP contribution is -2.74. The van der Waals surface area contributed by atoms with Crippen LogP contribution in [0.5, 0.6) is 0 Å². The Bertz CT molecular complexity index is 4330. The molecule has 4 aliphatic rings. The van der Waals surface area contributed by atoms with Crippen LogP contribution in [0.15, 0.2) is 322 Å². The molecule has 13 aromatic rings. The maximum absolute atomic E-state index is 2.85. The standard InChI is InChI=1S/C78H53B2N5/c1-7-28-54(29-8-1)62-40-19-23-46-70(62)83-72-48-25-21-44-68(72)79-76-66(50-60(52-74(76)83)81(56-32-11-3-12-33-56)57-34-13-4-14-35-57)64-42-27-43-65-67-51-61(82(58-36-15-5-16-37-58)59-38-17-6-18-39-59)53-75-77(67)80(85(79)78(64)65)69-45-22-26-49-73(69)84(75)71-47-24-20-41-63(71)55-30-9-2-10-31-55/h1-53H. The molecule has 7 heteroatoms. The molecule has 0 N–H and O–H groups in total. The van der Waals surface area contributed by atoms with E-state index in [1.165, 1.54) is 72.0 Å². The second-order valence-corrected chi connectivity index (χ2v) is 22.3. The summed E-state index contributed by atoms with van der Waals surface area (Å²) >= 11 is 0. The molecule has 17 rings (SSSR count). The van der Waals surface area contributed by atoms with Crippen LogP contribution in [0.25, 0.3) is 44.5 Å². The van der Waals surface area contributed by atoms with Crippen LogP contribution in [0, 0.1) is 0 Å². The Morgan fingerprint density at radius 1 is 0.224 bits per heavy atom. The number of fused-ring (bicyclic) bond motifs is 8. The number of anilines is 13. The molecule has 0 unspecified atom stereocenters. The molecular formula is C78H53B2N5. The number of hydrogen-bond acceptors (Lipinski definition) is 5. The summed E-state index contributed by atoms with van der Waals surface area (Å²) < 4.78 is 2.85. The molecule has 5 nitrogen and oxygen atoms in total. The van der Waals surface area contributed by atoms with E-state index in [9.17, 15) is 0 Å². The molecule has 85 heavy (non-hydrogen) atoms. The Labute approximate surface area is 497 Å². The fourth-order valence-corrected chi connectivity index (χ4v) is 14.3. The third-order valence-electron chi connectivity index (χ3n) is 17.7. The average Bonchev–Trinajstić information content (AvgIpc) is 2.33. The Balaban J connectivity index is 1.00. The molecule has 0 spiro atoms. The van der Waals surface area contributed by atoms with E-state index < -0.39 is 0 Å². The van der Waals surface area contributed by atoms with E-state index in [0.29, 0.717) is 0 Å². The van der Waals surface area contributed by atoms with Gasteiger partial charge in [-0.05, 0) is 141 Å². The molecule has 0 amide bonds. The van der Waals surface area contributed by atoms with E-state index in [1.54, 1.807) is 0 Å². The summed E-state index contributed by atoms with van der Waals surface area (Å²) in [6, 6.07) is 119. The second-order valence-electron chi connectivity index (χ2n) is 22.3. The van der Waals surface area contributed by atoms with Gasteiger partial charge in [0.25, 0.3) is 0 Å². The first-order chi connectivity index (χ1) is 42.2. The Hall–Kier alpha value is -11.0. The van der Waals surface area contributed by atoms with Crippen molar-refractivity contribution in [1.29, 1.82) is 0 Å². The highest BCUT2D eigenvalue weighted by atomic mass is 15.2. The van der Waals surface area contributed by atoms with Crippen LogP contribution in [0.3, 0.4) is 0 Å². The van der Waals surface area contributed by atoms with E-state index in [1.807, 2.05) is 0 Å². The van der Waals surface area contributed by atoms with E-state index in [0.717, 1.165) is 68.2 Å². The van der Waals surface area contributed by atoms with Gasteiger partial charge in [-0.25, -0.2) is 0 Å². The minimum atomic E-state index is -0.210. The fraction of sp³-hybridized carbons (Fsp3) is 0. The maximum Gasteiger partial charge on any atom is 0.316 e. The zero-order valence-electron chi connectivity index (χ0n) is 46.5. The molecule has 0 atom stereocenters. The van der Waals surface area contributed by atoms with E-state index in [4.69, 9.17) is 0 Å². The van der Waals surface area contributed by atoms with Crippen molar-refractivity contribution in [2.45, 2.75) is 0 Å². The van der Waals surface area contributed by atoms with E-state index >= 15 is 0 Å². The van der Waals surface area contributed by atoms with Crippen molar-refractivity contribution in [3.63, 3.8) is 0 Å². The van der Waals surface area contributed by atoms with Gasteiger partial charge in [0, 0.05) is 84.8 Å². The highest BCUT2D eigenvalue weighted by molar-refractivity contribution is 7.09. The summed E-state index contributed by atoms with van der Waals surface area (Å²) in [4.78, 5) is 10.0.